The second kappa shape index (κ2) is 13.1. The first-order valence-corrected chi connectivity index (χ1v) is 8.15. The molecule has 0 bridgehead atoms. The summed E-state index contributed by atoms with van der Waals surface area (Å²) in [6.07, 6.45) is 6.06. The second-order valence-corrected chi connectivity index (χ2v) is 5.74. The summed E-state index contributed by atoms with van der Waals surface area (Å²) < 4.78 is 0. The lowest BCUT2D eigenvalue weighted by Crippen LogP contribution is -2.23. The molecule has 0 atom stereocenters. The third kappa shape index (κ3) is 14.8. The first-order valence-electron chi connectivity index (χ1n) is 8.15. The van der Waals surface area contributed by atoms with E-state index < -0.39 is 0 Å². The van der Waals surface area contributed by atoms with Crippen LogP contribution < -0.4 is 16.0 Å². The number of hydrogen-bond acceptors (Lipinski definition) is 3. The van der Waals surface area contributed by atoms with Gasteiger partial charge in [-0.1, -0.05) is 0 Å². The van der Waals surface area contributed by atoms with E-state index in [4.69, 9.17) is 0 Å². The zero-order chi connectivity index (χ0) is 16.8. The van der Waals surface area contributed by atoms with Gasteiger partial charge in [-0.25, -0.2) is 0 Å². The summed E-state index contributed by atoms with van der Waals surface area (Å²) in [6.45, 7) is 6.71. The lowest BCUT2D eigenvalue weighted by molar-refractivity contribution is -0.119. The fraction of sp³-hybridized carbons (Fsp3) is 0.812. The van der Waals surface area contributed by atoms with Crippen molar-refractivity contribution in [2.24, 2.45) is 5.92 Å². The Balaban J connectivity index is 3.93. The molecule has 6 heteroatoms. The molecule has 0 heterocycles. The molecule has 6 nitrogen and oxygen atoms in total. The maximum atomic E-state index is 10.8. The minimum absolute atomic E-state index is 0.00728. The number of carbonyl (C=O) groups excluding carboxylic acids is 3. The van der Waals surface area contributed by atoms with E-state index in [9.17, 15) is 14.4 Å². The molecular weight excluding hydrogens is 282 g/mol. The van der Waals surface area contributed by atoms with Crippen molar-refractivity contribution in [3.63, 3.8) is 0 Å². The monoisotopic (exact) mass is 313 g/mol. The first kappa shape index (κ1) is 20.4. The SMILES string of the molecule is CC(=O)NCCCC(CCCNC(C)=O)CCCNC(C)=O. The molecule has 0 aliphatic carbocycles. The normalized spacial score (nSPS) is 10.4. The molecule has 0 rings (SSSR count). The van der Waals surface area contributed by atoms with Crippen molar-refractivity contribution in [1.29, 1.82) is 0 Å². The van der Waals surface area contributed by atoms with Gasteiger partial charge >= 0.3 is 0 Å². The molecule has 0 unspecified atom stereocenters. The number of rotatable bonds is 12. The quantitative estimate of drug-likeness (QED) is 0.475. The Morgan fingerprint density at radius 1 is 0.636 bits per heavy atom. The molecule has 0 saturated carbocycles. The van der Waals surface area contributed by atoms with Crippen LogP contribution in [0.1, 0.15) is 59.3 Å². The van der Waals surface area contributed by atoms with Gasteiger partial charge in [0, 0.05) is 40.4 Å². The summed E-state index contributed by atoms with van der Waals surface area (Å²) in [5, 5.41) is 8.44. The van der Waals surface area contributed by atoms with E-state index in [2.05, 4.69) is 16.0 Å². The Labute approximate surface area is 133 Å². The highest BCUT2D eigenvalue weighted by molar-refractivity contribution is 5.73. The van der Waals surface area contributed by atoms with Crippen LogP contribution in [0.4, 0.5) is 0 Å². The minimum atomic E-state index is 0.00728. The van der Waals surface area contributed by atoms with E-state index >= 15 is 0 Å². The molecule has 0 aromatic rings. The first-order chi connectivity index (χ1) is 10.4. The fourth-order valence-corrected chi connectivity index (χ4v) is 2.40. The van der Waals surface area contributed by atoms with Gasteiger partial charge in [0.2, 0.25) is 17.7 Å². The summed E-state index contributed by atoms with van der Waals surface area (Å²) in [5.41, 5.74) is 0. The van der Waals surface area contributed by atoms with Crippen LogP contribution in [-0.4, -0.2) is 37.4 Å². The van der Waals surface area contributed by atoms with Gasteiger partial charge in [-0.05, 0) is 44.4 Å². The number of hydrogen-bond donors (Lipinski definition) is 3. The van der Waals surface area contributed by atoms with E-state index in [0.29, 0.717) is 25.6 Å². The Morgan fingerprint density at radius 2 is 0.909 bits per heavy atom. The number of amides is 3. The van der Waals surface area contributed by atoms with Gasteiger partial charge < -0.3 is 16.0 Å². The average Bonchev–Trinajstić information content (AvgIpc) is 2.42. The highest BCUT2D eigenvalue weighted by Gasteiger charge is 2.09. The topological polar surface area (TPSA) is 87.3 Å². The summed E-state index contributed by atoms with van der Waals surface area (Å²) in [7, 11) is 0. The smallest absolute Gasteiger partial charge is 0.216 e. The van der Waals surface area contributed by atoms with Crippen LogP contribution in [0.25, 0.3) is 0 Å². The molecule has 22 heavy (non-hydrogen) atoms. The standard InChI is InChI=1S/C16H31N3O3/c1-13(20)17-10-4-7-16(8-5-11-18-14(2)21)9-6-12-19-15(3)22/h16H,4-12H2,1-3H3,(H,17,20)(H,18,21)(H,19,22). The van der Waals surface area contributed by atoms with Gasteiger partial charge in [-0.3, -0.25) is 14.4 Å². The average molecular weight is 313 g/mol. The van der Waals surface area contributed by atoms with Crippen molar-refractivity contribution < 1.29 is 14.4 Å². The molecule has 0 aromatic heterocycles. The Bertz CT molecular complexity index is 293. The van der Waals surface area contributed by atoms with Crippen LogP contribution in [0.5, 0.6) is 0 Å². The van der Waals surface area contributed by atoms with Gasteiger partial charge in [0.05, 0.1) is 0 Å². The second-order valence-electron chi connectivity index (χ2n) is 5.74. The predicted octanol–water partition coefficient (Wildman–Crippen LogP) is 1.35. The van der Waals surface area contributed by atoms with E-state index in [0.717, 1.165) is 38.5 Å². The minimum Gasteiger partial charge on any atom is -0.356 e. The van der Waals surface area contributed by atoms with Gasteiger partial charge in [-0.15, -0.1) is 0 Å². The van der Waals surface area contributed by atoms with Gasteiger partial charge in [0.25, 0.3) is 0 Å². The van der Waals surface area contributed by atoms with Gasteiger partial charge in [0.15, 0.2) is 0 Å². The molecule has 3 N–H and O–H groups in total. The molecule has 3 amide bonds. The van der Waals surface area contributed by atoms with E-state index in [1.807, 2.05) is 0 Å². The molecule has 0 aliphatic heterocycles. The summed E-state index contributed by atoms with van der Waals surface area (Å²) >= 11 is 0. The predicted molar refractivity (Wildman–Crippen MR) is 87.2 cm³/mol. The van der Waals surface area contributed by atoms with Crippen molar-refractivity contribution in [2.75, 3.05) is 19.6 Å². The van der Waals surface area contributed by atoms with Crippen molar-refractivity contribution in [1.82, 2.24) is 16.0 Å². The van der Waals surface area contributed by atoms with Crippen LogP contribution in [0.3, 0.4) is 0 Å². The van der Waals surface area contributed by atoms with Gasteiger partial charge in [-0.2, -0.15) is 0 Å². The lowest BCUT2D eigenvalue weighted by Gasteiger charge is -2.17. The van der Waals surface area contributed by atoms with Crippen molar-refractivity contribution in [2.45, 2.75) is 59.3 Å². The molecule has 0 aromatic carbocycles. The maximum absolute atomic E-state index is 10.8. The molecule has 0 fully saturated rings. The lowest BCUT2D eigenvalue weighted by atomic mass is 9.92. The highest BCUT2D eigenvalue weighted by Crippen LogP contribution is 2.19. The van der Waals surface area contributed by atoms with E-state index in [1.165, 1.54) is 20.8 Å². The van der Waals surface area contributed by atoms with E-state index in [1.54, 1.807) is 0 Å². The van der Waals surface area contributed by atoms with Crippen LogP contribution in [0, 0.1) is 5.92 Å². The molecule has 0 saturated heterocycles. The van der Waals surface area contributed by atoms with Crippen LogP contribution in [0.2, 0.25) is 0 Å². The van der Waals surface area contributed by atoms with Crippen molar-refractivity contribution in [3.8, 4) is 0 Å². The fourth-order valence-electron chi connectivity index (χ4n) is 2.40. The summed E-state index contributed by atoms with van der Waals surface area (Å²) in [6, 6.07) is 0. The maximum Gasteiger partial charge on any atom is 0.216 e. The Kier molecular flexibility index (Phi) is 12.2. The molecule has 0 aliphatic rings. The third-order valence-corrected chi connectivity index (χ3v) is 3.49. The largest absolute Gasteiger partial charge is 0.356 e. The third-order valence-electron chi connectivity index (χ3n) is 3.49. The summed E-state index contributed by atoms with van der Waals surface area (Å²) in [4.78, 5) is 32.5. The van der Waals surface area contributed by atoms with Crippen LogP contribution >= 0.6 is 0 Å². The number of nitrogens with one attached hydrogen (secondary N) is 3. The Hall–Kier alpha value is -1.59. The van der Waals surface area contributed by atoms with Crippen molar-refractivity contribution in [3.05, 3.63) is 0 Å². The van der Waals surface area contributed by atoms with E-state index in [-0.39, 0.29) is 17.7 Å². The van der Waals surface area contributed by atoms with Crippen LogP contribution in [0.15, 0.2) is 0 Å². The van der Waals surface area contributed by atoms with Crippen LogP contribution in [-0.2, 0) is 14.4 Å². The zero-order valence-corrected chi connectivity index (χ0v) is 14.2. The molecule has 0 radical (unpaired) electrons. The summed E-state index contributed by atoms with van der Waals surface area (Å²) in [5.74, 6) is 0.588. The van der Waals surface area contributed by atoms with Gasteiger partial charge in [0.1, 0.15) is 0 Å². The Morgan fingerprint density at radius 3 is 1.14 bits per heavy atom. The molecule has 0 spiro atoms. The molecular formula is C16H31N3O3. The highest BCUT2D eigenvalue weighted by atomic mass is 16.2. The number of carbonyl (C=O) groups is 3. The molecule has 128 valence electrons. The zero-order valence-electron chi connectivity index (χ0n) is 14.2. The van der Waals surface area contributed by atoms with Crippen molar-refractivity contribution >= 4 is 17.7 Å².